The third-order valence-electron chi connectivity index (χ3n) is 4.46. The number of hydrogen-bond acceptors (Lipinski definition) is 7. The van der Waals surface area contributed by atoms with Gasteiger partial charge in [-0.25, -0.2) is 0 Å². The van der Waals surface area contributed by atoms with E-state index in [2.05, 4.69) is 22.0 Å². The molecule has 2 fully saturated rings. The maximum Gasteiger partial charge on any atom is 0.252 e. The Hall–Kier alpha value is -1.51. The number of hydrogen-bond donors (Lipinski definition) is 0. The second-order valence-electron chi connectivity index (χ2n) is 6.22. The Balaban J connectivity index is 1.44. The van der Waals surface area contributed by atoms with Crippen molar-refractivity contribution in [2.24, 2.45) is 5.92 Å². The van der Waals surface area contributed by atoms with Gasteiger partial charge in [0.05, 0.1) is 13.2 Å². The van der Waals surface area contributed by atoms with Crippen molar-refractivity contribution < 1.29 is 18.8 Å². The van der Waals surface area contributed by atoms with Gasteiger partial charge in [0.1, 0.15) is 13.2 Å². The zero-order valence-corrected chi connectivity index (χ0v) is 13.7. The Labute approximate surface area is 135 Å². The molecule has 2 saturated heterocycles. The van der Waals surface area contributed by atoms with Gasteiger partial charge in [0.25, 0.3) is 5.89 Å². The van der Waals surface area contributed by atoms with Crippen LogP contribution in [0.1, 0.15) is 18.6 Å². The summed E-state index contributed by atoms with van der Waals surface area (Å²) in [5.41, 5.74) is 0. The standard InChI is InChI=1S/C15H24N4O4/c1-11-7-19(8-13(11)18-3-5-21-6-4-18)15(20)10-22-9-14-16-12(2)17-23-14/h11,13H,3-10H2,1-2H3/t11-,13+/m1/s1. The highest BCUT2D eigenvalue weighted by Gasteiger charge is 2.36. The first-order chi connectivity index (χ1) is 11.1. The minimum absolute atomic E-state index is 0.0175. The number of rotatable bonds is 5. The van der Waals surface area contributed by atoms with Crippen molar-refractivity contribution in [1.82, 2.24) is 19.9 Å². The van der Waals surface area contributed by atoms with Gasteiger partial charge >= 0.3 is 0 Å². The Morgan fingerprint density at radius 1 is 1.35 bits per heavy atom. The van der Waals surface area contributed by atoms with Crippen molar-refractivity contribution in [2.45, 2.75) is 26.5 Å². The van der Waals surface area contributed by atoms with Crippen molar-refractivity contribution in [3.05, 3.63) is 11.7 Å². The summed E-state index contributed by atoms with van der Waals surface area (Å²) in [6.45, 7) is 9.17. The summed E-state index contributed by atoms with van der Waals surface area (Å²) in [7, 11) is 0. The van der Waals surface area contributed by atoms with Crippen LogP contribution in [0.25, 0.3) is 0 Å². The molecule has 3 heterocycles. The maximum absolute atomic E-state index is 12.3. The lowest BCUT2D eigenvalue weighted by Crippen LogP contribution is -2.47. The van der Waals surface area contributed by atoms with E-state index < -0.39 is 0 Å². The van der Waals surface area contributed by atoms with Gasteiger partial charge in [0.2, 0.25) is 5.91 Å². The second kappa shape index (κ2) is 7.37. The van der Waals surface area contributed by atoms with Crippen LogP contribution in [0.4, 0.5) is 0 Å². The first-order valence-electron chi connectivity index (χ1n) is 8.10. The van der Waals surface area contributed by atoms with E-state index in [0.29, 0.717) is 23.7 Å². The van der Waals surface area contributed by atoms with Crippen LogP contribution in [0.2, 0.25) is 0 Å². The number of morpholine rings is 1. The van der Waals surface area contributed by atoms with Gasteiger partial charge in [-0.3, -0.25) is 9.69 Å². The molecule has 128 valence electrons. The molecule has 2 aliphatic heterocycles. The zero-order chi connectivity index (χ0) is 16.2. The predicted octanol–water partition coefficient (Wildman–Crippen LogP) is 0.0737. The topological polar surface area (TPSA) is 80.9 Å². The fourth-order valence-corrected chi connectivity index (χ4v) is 3.25. The summed E-state index contributed by atoms with van der Waals surface area (Å²) in [4.78, 5) is 20.7. The fourth-order valence-electron chi connectivity index (χ4n) is 3.25. The predicted molar refractivity (Wildman–Crippen MR) is 80.6 cm³/mol. The van der Waals surface area contributed by atoms with E-state index in [1.165, 1.54) is 0 Å². The molecular weight excluding hydrogens is 300 g/mol. The molecule has 0 N–H and O–H groups in total. The Morgan fingerprint density at radius 2 is 2.13 bits per heavy atom. The SMILES string of the molecule is Cc1noc(COCC(=O)N2C[C@@H](C)[C@@H](N3CCOCC3)C2)n1. The van der Waals surface area contributed by atoms with Gasteiger partial charge in [0, 0.05) is 32.2 Å². The number of aromatic nitrogens is 2. The number of aryl methyl sites for hydroxylation is 1. The third kappa shape index (κ3) is 4.07. The van der Waals surface area contributed by atoms with Crippen molar-refractivity contribution in [3.8, 4) is 0 Å². The molecule has 0 saturated carbocycles. The molecule has 1 aromatic rings. The van der Waals surface area contributed by atoms with Crippen LogP contribution in [0.3, 0.4) is 0 Å². The molecular formula is C15H24N4O4. The lowest BCUT2D eigenvalue weighted by atomic mass is 10.0. The minimum atomic E-state index is 0.0175. The highest BCUT2D eigenvalue weighted by molar-refractivity contribution is 5.77. The summed E-state index contributed by atoms with van der Waals surface area (Å²) >= 11 is 0. The van der Waals surface area contributed by atoms with Gasteiger partial charge in [-0.1, -0.05) is 12.1 Å². The van der Waals surface area contributed by atoms with E-state index in [1.54, 1.807) is 6.92 Å². The van der Waals surface area contributed by atoms with Gasteiger partial charge < -0.3 is 18.9 Å². The molecule has 0 aliphatic carbocycles. The smallest absolute Gasteiger partial charge is 0.252 e. The average Bonchev–Trinajstić information content (AvgIpc) is 3.14. The van der Waals surface area contributed by atoms with Gasteiger partial charge in [-0.2, -0.15) is 4.98 Å². The highest BCUT2D eigenvalue weighted by Crippen LogP contribution is 2.22. The van der Waals surface area contributed by atoms with Crippen LogP contribution in [-0.2, 0) is 20.9 Å². The van der Waals surface area contributed by atoms with Crippen LogP contribution in [0, 0.1) is 12.8 Å². The molecule has 0 radical (unpaired) electrons. The van der Waals surface area contributed by atoms with Gasteiger partial charge in [0.15, 0.2) is 5.82 Å². The van der Waals surface area contributed by atoms with Gasteiger partial charge in [-0.05, 0) is 12.8 Å². The molecule has 0 spiro atoms. The van der Waals surface area contributed by atoms with E-state index in [0.717, 1.165) is 39.4 Å². The summed E-state index contributed by atoms with van der Waals surface area (Å²) < 4.78 is 15.8. The van der Waals surface area contributed by atoms with Crippen molar-refractivity contribution in [1.29, 1.82) is 0 Å². The summed E-state index contributed by atoms with van der Waals surface area (Å²) in [5.74, 6) is 1.45. The summed E-state index contributed by atoms with van der Waals surface area (Å²) in [6, 6.07) is 0.418. The van der Waals surface area contributed by atoms with E-state index >= 15 is 0 Å². The number of carbonyl (C=O) groups is 1. The summed E-state index contributed by atoms with van der Waals surface area (Å²) in [5, 5.41) is 3.69. The molecule has 3 rings (SSSR count). The average molecular weight is 324 g/mol. The Bertz CT molecular complexity index is 529. The van der Waals surface area contributed by atoms with E-state index in [9.17, 15) is 4.79 Å². The number of carbonyl (C=O) groups excluding carboxylic acids is 1. The van der Waals surface area contributed by atoms with Crippen LogP contribution in [0.5, 0.6) is 0 Å². The maximum atomic E-state index is 12.3. The Kier molecular flexibility index (Phi) is 5.24. The first kappa shape index (κ1) is 16.4. The van der Waals surface area contributed by atoms with Crippen LogP contribution >= 0.6 is 0 Å². The summed E-state index contributed by atoms with van der Waals surface area (Å²) in [6.07, 6.45) is 0. The van der Waals surface area contributed by atoms with E-state index in [4.69, 9.17) is 14.0 Å². The van der Waals surface area contributed by atoms with Crippen molar-refractivity contribution in [2.75, 3.05) is 46.0 Å². The number of amides is 1. The molecule has 1 amide bonds. The lowest BCUT2D eigenvalue weighted by molar-refractivity contribution is -0.136. The molecule has 0 unspecified atom stereocenters. The molecule has 0 aromatic carbocycles. The van der Waals surface area contributed by atoms with E-state index in [-0.39, 0.29) is 19.1 Å². The van der Waals surface area contributed by atoms with Crippen LogP contribution in [0.15, 0.2) is 4.52 Å². The Morgan fingerprint density at radius 3 is 2.83 bits per heavy atom. The monoisotopic (exact) mass is 324 g/mol. The molecule has 0 bridgehead atoms. The quantitative estimate of drug-likeness (QED) is 0.758. The third-order valence-corrected chi connectivity index (χ3v) is 4.46. The van der Waals surface area contributed by atoms with Crippen molar-refractivity contribution in [3.63, 3.8) is 0 Å². The zero-order valence-electron chi connectivity index (χ0n) is 13.7. The molecule has 8 nitrogen and oxygen atoms in total. The first-order valence-corrected chi connectivity index (χ1v) is 8.10. The molecule has 23 heavy (non-hydrogen) atoms. The van der Waals surface area contributed by atoms with E-state index in [1.807, 2.05) is 4.90 Å². The molecule has 1 aromatic heterocycles. The number of likely N-dealkylation sites (tertiary alicyclic amines) is 1. The largest absolute Gasteiger partial charge is 0.379 e. The molecule has 2 aliphatic rings. The second-order valence-corrected chi connectivity index (χ2v) is 6.22. The van der Waals surface area contributed by atoms with Crippen LogP contribution in [-0.4, -0.2) is 77.9 Å². The number of nitrogens with zero attached hydrogens (tertiary/aromatic N) is 4. The van der Waals surface area contributed by atoms with Crippen LogP contribution < -0.4 is 0 Å². The normalized spacial score (nSPS) is 25.9. The highest BCUT2D eigenvalue weighted by atomic mass is 16.5. The number of ether oxygens (including phenoxy) is 2. The molecule has 2 atom stereocenters. The minimum Gasteiger partial charge on any atom is -0.379 e. The lowest BCUT2D eigenvalue weighted by Gasteiger charge is -2.33. The van der Waals surface area contributed by atoms with Crippen molar-refractivity contribution >= 4 is 5.91 Å². The van der Waals surface area contributed by atoms with Gasteiger partial charge in [-0.15, -0.1) is 0 Å². The fraction of sp³-hybridized carbons (Fsp3) is 0.800. The molecule has 8 heteroatoms.